The van der Waals surface area contributed by atoms with Crippen molar-refractivity contribution >= 4 is 17.3 Å². The predicted octanol–water partition coefficient (Wildman–Crippen LogP) is 5.04. The van der Waals surface area contributed by atoms with E-state index in [9.17, 15) is 18.4 Å². The molecule has 0 heterocycles. The fourth-order valence-electron chi connectivity index (χ4n) is 1.83. The van der Waals surface area contributed by atoms with E-state index >= 15 is 0 Å². The van der Waals surface area contributed by atoms with Gasteiger partial charge in [-0.3, -0.25) is 0 Å². The fraction of sp³-hybridized carbons (Fsp3) is 0.133. The molecule has 0 aliphatic rings. The molecule has 2 aromatic carbocycles. The molecular formula is C15H10ClF3N2. The molecule has 0 aliphatic heterocycles. The van der Waals surface area contributed by atoms with Gasteiger partial charge in [-0.25, -0.2) is 0 Å². The first-order valence-electron chi connectivity index (χ1n) is 5.99. The monoisotopic (exact) mass is 310 g/mol. The highest BCUT2D eigenvalue weighted by Gasteiger charge is 2.31. The molecule has 1 unspecified atom stereocenters. The Morgan fingerprint density at radius 3 is 2.43 bits per heavy atom. The second-order valence-electron chi connectivity index (χ2n) is 4.34. The van der Waals surface area contributed by atoms with Crippen LogP contribution < -0.4 is 5.32 Å². The first kappa shape index (κ1) is 15.2. The Morgan fingerprint density at radius 1 is 1.10 bits per heavy atom. The number of alkyl halides is 3. The molecular weight excluding hydrogens is 301 g/mol. The third-order valence-corrected chi connectivity index (χ3v) is 3.05. The van der Waals surface area contributed by atoms with Gasteiger partial charge in [-0.05, 0) is 35.9 Å². The number of nitriles is 1. The van der Waals surface area contributed by atoms with Crippen LogP contribution in [0.4, 0.5) is 18.9 Å². The van der Waals surface area contributed by atoms with Gasteiger partial charge in [-0.2, -0.15) is 18.4 Å². The molecule has 1 atom stereocenters. The van der Waals surface area contributed by atoms with Gasteiger partial charge in [0.05, 0.1) is 11.6 Å². The SMILES string of the molecule is N#CC(Nc1cccc(Cl)c1)c1cccc(C(F)(F)F)c1. The number of rotatable bonds is 3. The van der Waals surface area contributed by atoms with Crippen molar-refractivity contribution in [1.29, 1.82) is 5.26 Å². The van der Waals surface area contributed by atoms with Crippen LogP contribution in [0.1, 0.15) is 17.2 Å². The smallest absolute Gasteiger partial charge is 0.366 e. The lowest BCUT2D eigenvalue weighted by Crippen LogP contribution is -2.11. The molecule has 0 amide bonds. The zero-order valence-corrected chi connectivity index (χ0v) is 11.4. The van der Waals surface area contributed by atoms with E-state index in [1.807, 2.05) is 6.07 Å². The zero-order chi connectivity index (χ0) is 15.5. The summed E-state index contributed by atoms with van der Waals surface area (Å²) < 4.78 is 38.1. The summed E-state index contributed by atoms with van der Waals surface area (Å²) in [5.41, 5.74) is 0.0203. The molecule has 2 rings (SSSR count). The van der Waals surface area contributed by atoms with Crippen LogP contribution in [-0.2, 0) is 6.18 Å². The van der Waals surface area contributed by atoms with E-state index in [-0.39, 0.29) is 5.56 Å². The number of nitrogens with one attached hydrogen (secondary N) is 1. The van der Waals surface area contributed by atoms with Crippen molar-refractivity contribution < 1.29 is 13.2 Å². The van der Waals surface area contributed by atoms with Crippen molar-refractivity contribution in [1.82, 2.24) is 0 Å². The minimum Gasteiger partial charge on any atom is -0.366 e. The Balaban J connectivity index is 2.28. The predicted molar refractivity (Wildman–Crippen MR) is 74.9 cm³/mol. The summed E-state index contributed by atoms with van der Waals surface area (Å²) in [6.07, 6.45) is -4.44. The molecule has 0 saturated heterocycles. The third kappa shape index (κ3) is 3.89. The first-order chi connectivity index (χ1) is 9.90. The van der Waals surface area contributed by atoms with Crippen LogP contribution in [-0.4, -0.2) is 0 Å². The van der Waals surface area contributed by atoms with Gasteiger partial charge in [-0.15, -0.1) is 0 Å². The molecule has 0 bridgehead atoms. The molecule has 0 radical (unpaired) electrons. The second kappa shape index (κ2) is 6.06. The van der Waals surface area contributed by atoms with Crippen molar-refractivity contribution in [2.75, 3.05) is 5.32 Å². The summed E-state index contributed by atoms with van der Waals surface area (Å²) in [6.45, 7) is 0. The Morgan fingerprint density at radius 2 is 1.81 bits per heavy atom. The van der Waals surface area contributed by atoms with Crippen LogP contribution in [0, 0.1) is 11.3 Å². The topological polar surface area (TPSA) is 35.8 Å². The zero-order valence-electron chi connectivity index (χ0n) is 10.7. The van der Waals surface area contributed by atoms with Gasteiger partial charge in [0.1, 0.15) is 6.04 Å². The Kier molecular flexibility index (Phi) is 4.39. The van der Waals surface area contributed by atoms with E-state index in [2.05, 4.69) is 5.32 Å². The average molecular weight is 311 g/mol. The van der Waals surface area contributed by atoms with Gasteiger partial charge in [0.15, 0.2) is 0 Å². The Labute approximate surface area is 124 Å². The summed E-state index contributed by atoms with van der Waals surface area (Å²) in [5, 5.41) is 12.5. The van der Waals surface area contributed by atoms with Crippen LogP contribution in [0.5, 0.6) is 0 Å². The van der Waals surface area contributed by atoms with E-state index in [0.29, 0.717) is 10.7 Å². The molecule has 21 heavy (non-hydrogen) atoms. The van der Waals surface area contributed by atoms with Crippen LogP contribution >= 0.6 is 11.6 Å². The maximum atomic E-state index is 12.7. The molecule has 2 nitrogen and oxygen atoms in total. The largest absolute Gasteiger partial charge is 0.416 e. The highest BCUT2D eigenvalue weighted by atomic mass is 35.5. The van der Waals surface area contributed by atoms with Crippen LogP contribution in [0.15, 0.2) is 48.5 Å². The van der Waals surface area contributed by atoms with Crippen LogP contribution in [0.3, 0.4) is 0 Å². The highest BCUT2D eigenvalue weighted by Crippen LogP contribution is 2.31. The summed E-state index contributed by atoms with van der Waals surface area (Å²) in [5.74, 6) is 0. The van der Waals surface area contributed by atoms with Crippen LogP contribution in [0.2, 0.25) is 5.02 Å². The maximum absolute atomic E-state index is 12.7. The Bertz CT molecular complexity index is 677. The van der Waals surface area contributed by atoms with Gasteiger partial charge >= 0.3 is 6.18 Å². The number of nitrogens with zero attached hydrogens (tertiary/aromatic N) is 1. The van der Waals surface area contributed by atoms with Crippen molar-refractivity contribution in [3.8, 4) is 6.07 Å². The summed E-state index contributed by atoms with van der Waals surface area (Å²) in [4.78, 5) is 0. The molecule has 0 saturated carbocycles. The molecule has 0 fully saturated rings. The number of hydrogen-bond donors (Lipinski definition) is 1. The summed E-state index contributed by atoms with van der Waals surface area (Å²) >= 11 is 5.83. The molecule has 108 valence electrons. The minimum atomic E-state index is -4.44. The molecule has 2 aromatic rings. The number of hydrogen-bond acceptors (Lipinski definition) is 2. The molecule has 0 aliphatic carbocycles. The molecule has 6 heteroatoms. The normalized spacial score (nSPS) is 12.5. The average Bonchev–Trinajstić information content (AvgIpc) is 2.44. The van der Waals surface area contributed by atoms with E-state index in [4.69, 9.17) is 11.6 Å². The lowest BCUT2D eigenvalue weighted by Gasteiger charge is -2.15. The standard InChI is InChI=1S/C15H10ClF3N2/c16-12-5-2-6-13(8-12)21-14(9-20)10-3-1-4-11(7-10)15(17,18)19/h1-8,14,21H. The molecule has 0 spiro atoms. The number of halogens is 4. The lowest BCUT2D eigenvalue weighted by atomic mass is 10.0. The highest BCUT2D eigenvalue weighted by molar-refractivity contribution is 6.30. The van der Waals surface area contributed by atoms with Crippen molar-refractivity contribution in [3.63, 3.8) is 0 Å². The Hall–Kier alpha value is -2.19. The van der Waals surface area contributed by atoms with E-state index < -0.39 is 17.8 Å². The van der Waals surface area contributed by atoms with Gasteiger partial charge in [0.25, 0.3) is 0 Å². The van der Waals surface area contributed by atoms with Gasteiger partial charge in [0.2, 0.25) is 0 Å². The quantitative estimate of drug-likeness (QED) is 0.862. The molecule has 0 aromatic heterocycles. The van der Waals surface area contributed by atoms with E-state index in [1.54, 1.807) is 24.3 Å². The van der Waals surface area contributed by atoms with Crippen molar-refractivity contribution in [2.45, 2.75) is 12.2 Å². The van der Waals surface area contributed by atoms with E-state index in [1.165, 1.54) is 12.1 Å². The van der Waals surface area contributed by atoms with Crippen molar-refractivity contribution in [3.05, 3.63) is 64.7 Å². The van der Waals surface area contributed by atoms with Gasteiger partial charge < -0.3 is 5.32 Å². The summed E-state index contributed by atoms with van der Waals surface area (Å²) in [6, 6.07) is 12.4. The first-order valence-corrected chi connectivity index (χ1v) is 6.37. The van der Waals surface area contributed by atoms with Crippen LogP contribution in [0.25, 0.3) is 0 Å². The third-order valence-electron chi connectivity index (χ3n) is 2.81. The van der Waals surface area contributed by atoms with E-state index in [0.717, 1.165) is 12.1 Å². The minimum absolute atomic E-state index is 0.243. The summed E-state index contributed by atoms with van der Waals surface area (Å²) in [7, 11) is 0. The second-order valence-corrected chi connectivity index (χ2v) is 4.78. The number of benzene rings is 2. The number of anilines is 1. The van der Waals surface area contributed by atoms with Crippen molar-refractivity contribution in [2.24, 2.45) is 0 Å². The van der Waals surface area contributed by atoms with Gasteiger partial charge in [0, 0.05) is 10.7 Å². The maximum Gasteiger partial charge on any atom is 0.416 e. The van der Waals surface area contributed by atoms with Gasteiger partial charge in [-0.1, -0.05) is 29.8 Å². The lowest BCUT2D eigenvalue weighted by molar-refractivity contribution is -0.137. The fourth-order valence-corrected chi connectivity index (χ4v) is 2.02. The molecule has 1 N–H and O–H groups in total.